The van der Waals surface area contributed by atoms with Crippen molar-refractivity contribution < 1.29 is 8.42 Å². The van der Waals surface area contributed by atoms with E-state index in [4.69, 9.17) is 5.73 Å². The van der Waals surface area contributed by atoms with Crippen molar-refractivity contribution in [3.63, 3.8) is 0 Å². The summed E-state index contributed by atoms with van der Waals surface area (Å²) < 4.78 is 27.0. The molecule has 0 aliphatic heterocycles. The van der Waals surface area contributed by atoms with Crippen LogP contribution in [0.2, 0.25) is 0 Å². The summed E-state index contributed by atoms with van der Waals surface area (Å²) >= 11 is 0. The summed E-state index contributed by atoms with van der Waals surface area (Å²) in [7, 11) is -3.15. The quantitative estimate of drug-likeness (QED) is 0.749. The van der Waals surface area contributed by atoms with Gasteiger partial charge in [0.15, 0.2) is 0 Å². The molecule has 5 heteroatoms. The minimum Gasteiger partial charge on any atom is -0.330 e. The van der Waals surface area contributed by atoms with Crippen LogP contribution in [0.25, 0.3) is 0 Å². The van der Waals surface area contributed by atoms with Gasteiger partial charge in [-0.1, -0.05) is 40.0 Å². The van der Waals surface area contributed by atoms with E-state index in [-0.39, 0.29) is 5.41 Å². The van der Waals surface area contributed by atoms with Crippen molar-refractivity contribution >= 4 is 10.0 Å². The van der Waals surface area contributed by atoms with Gasteiger partial charge in [0.25, 0.3) is 0 Å². The molecule has 0 spiro atoms. The van der Waals surface area contributed by atoms with E-state index in [1.54, 1.807) is 4.31 Å². The van der Waals surface area contributed by atoms with Crippen molar-refractivity contribution in [2.75, 3.05) is 25.4 Å². The van der Waals surface area contributed by atoms with Gasteiger partial charge >= 0.3 is 0 Å². The normalized spacial score (nSPS) is 18.6. The first kappa shape index (κ1) is 17.9. The fourth-order valence-electron chi connectivity index (χ4n) is 2.86. The lowest BCUT2D eigenvalue weighted by molar-refractivity contribution is 0.263. The maximum absolute atomic E-state index is 12.7. The van der Waals surface area contributed by atoms with Gasteiger partial charge in [-0.15, -0.1) is 0 Å². The van der Waals surface area contributed by atoms with E-state index >= 15 is 0 Å². The summed E-state index contributed by atoms with van der Waals surface area (Å²) in [5.41, 5.74) is 5.60. The molecule has 0 aromatic heterocycles. The Labute approximate surface area is 125 Å². The molecule has 2 N–H and O–H groups in total. The highest BCUT2D eigenvalue weighted by Gasteiger charge is 2.30. The Hall–Kier alpha value is -0.130. The Morgan fingerprint density at radius 2 is 1.80 bits per heavy atom. The molecule has 4 nitrogen and oxygen atoms in total. The Bertz CT molecular complexity index is 373. The first-order valence-corrected chi connectivity index (χ1v) is 9.59. The molecule has 0 radical (unpaired) electrons. The summed E-state index contributed by atoms with van der Waals surface area (Å²) in [6.45, 7) is 7.74. The molecule has 0 saturated heterocycles. The molecule has 0 aromatic rings. The fraction of sp³-hybridized carbons (Fsp3) is 1.00. The highest BCUT2D eigenvalue weighted by molar-refractivity contribution is 7.89. The molecule has 1 saturated carbocycles. The summed E-state index contributed by atoms with van der Waals surface area (Å²) in [5.74, 6) is 0.683. The van der Waals surface area contributed by atoms with Crippen LogP contribution in [0, 0.1) is 11.3 Å². The van der Waals surface area contributed by atoms with E-state index in [9.17, 15) is 8.42 Å². The predicted molar refractivity (Wildman–Crippen MR) is 85.1 cm³/mol. The van der Waals surface area contributed by atoms with Crippen LogP contribution in [0.3, 0.4) is 0 Å². The molecule has 0 amide bonds. The van der Waals surface area contributed by atoms with Crippen molar-refractivity contribution in [3.8, 4) is 0 Å². The van der Waals surface area contributed by atoms with Crippen LogP contribution in [0.1, 0.15) is 59.3 Å². The molecule has 20 heavy (non-hydrogen) atoms. The molecule has 0 aromatic carbocycles. The summed E-state index contributed by atoms with van der Waals surface area (Å²) in [6, 6.07) is 0. The van der Waals surface area contributed by atoms with Gasteiger partial charge in [-0.05, 0) is 37.1 Å². The maximum atomic E-state index is 12.7. The average molecular weight is 305 g/mol. The van der Waals surface area contributed by atoms with Crippen LogP contribution in [0.5, 0.6) is 0 Å². The van der Waals surface area contributed by atoms with Crippen LogP contribution in [0.15, 0.2) is 0 Å². The third-order valence-corrected chi connectivity index (χ3v) is 6.19. The van der Waals surface area contributed by atoms with Gasteiger partial charge in [-0.25, -0.2) is 12.7 Å². The molecule has 1 aliphatic rings. The van der Waals surface area contributed by atoms with Crippen molar-refractivity contribution in [2.24, 2.45) is 17.1 Å². The van der Waals surface area contributed by atoms with E-state index < -0.39 is 10.0 Å². The smallest absolute Gasteiger partial charge is 0.214 e. The molecular weight excluding hydrogens is 272 g/mol. The first-order valence-electron chi connectivity index (χ1n) is 7.98. The van der Waals surface area contributed by atoms with Crippen molar-refractivity contribution in [1.82, 2.24) is 4.31 Å². The van der Waals surface area contributed by atoms with Gasteiger partial charge in [-0.3, -0.25) is 0 Å². The van der Waals surface area contributed by atoms with Crippen LogP contribution in [-0.2, 0) is 10.0 Å². The number of nitrogens with zero attached hydrogens (tertiary/aromatic N) is 1. The number of sulfonamides is 1. The fourth-order valence-corrected chi connectivity index (χ4v) is 5.01. The minimum atomic E-state index is -3.15. The molecule has 1 rings (SSSR count). The lowest BCUT2D eigenvalue weighted by Crippen LogP contribution is -2.44. The molecule has 120 valence electrons. The Kier molecular flexibility index (Phi) is 6.95. The van der Waals surface area contributed by atoms with Gasteiger partial charge in [-0.2, -0.15) is 0 Å². The Morgan fingerprint density at radius 1 is 1.20 bits per heavy atom. The molecule has 1 aliphatic carbocycles. The molecular formula is C15H32N2O2S. The lowest BCUT2D eigenvalue weighted by Gasteiger charge is -2.32. The summed E-state index contributed by atoms with van der Waals surface area (Å²) in [6.07, 6.45) is 6.61. The number of hydrogen-bond acceptors (Lipinski definition) is 3. The Morgan fingerprint density at radius 3 is 2.30 bits per heavy atom. The van der Waals surface area contributed by atoms with Gasteiger partial charge in [0.05, 0.1) is 5.75 Å². The highest BCUT2D eigenvalue weighted by atomic mass is 32.2. The summed E-state index contributed by atoms with van der Waals surface area (Å²) in [4.78, 5) is 0. The largest absolute Gasteiger partial charge is 0.330 e. The van der Waals surface area contributed by atoms with E-state index in [2.05, 4.69) is 0 Å². The van der Waals surface area contributed by atoms with Gasteiger partial charge in [0, 0.05) is 13.1 Å². The van der Waals surface area contributed by atoms with Crippen LogP contribution < -0.4 is 5.73 Å². The van der Waals surface area contributed by atoms with Crippen molar-refractivity contribution in [1.29, 1.82) is 0 Å². The van der Waals surface area contributed by atoms with Crippen molar-refractivity contribution in [3.05, 3.63) is 0 Å². The van der Waals surface area contributed by atoms with E-state index in [1.807, 2.05) is 20.8 Å². The standard InChI is InChI=1S/C15H32N2O2S/c1-4-10-17(13-15(2,3)12-16)20(18,19)11-14-8-6-5-7-9-14/h14H,4-13,16H2,1-3H3. The SMILES string of the molecule is CCCN(CC(C)(C)CN)S(=O)(=O)CC1CCCCC1. The predicted octanol–water partition coefficient (Wildman–Crippen LogP) is 2.59. The third kappa shape index (κ3) is 5.70. The van der Waals surface area contributed by atoms with E-state index in [0.717, 1.165) is 19.3 Å². The van der Waals surface area contributed by atoms with Crippen molar-refractivity contribution in [2.45, 2.75) is 59.3 Å². The monoisotopic (exact) mass is 304 g/mol. The highest BCUT2D eigenvalue weighted by Crippen LogP contribution is 2.27. The zero-order valence-electron chi connectivity index (χ0n) is 13.4. The average Bonchev–Trinajstić information content (AvgIpc) is 2.39. The molecule has 0 bridgehead atoms. The van der Waals surface area contributed by atoms with Gasteiger partial charge < -0.3 is 5.73 Å². The molecule has 1 fully saturated rings. The third-order valence-electron chi connectivity index (χ3n) is 4.19. The van der Waals surface area contributed by atoms with Gasteiger partial charge in [0.1, 0.15) is 0 Å². The number of hydrogen-bond donors (Lipinski definition) is 1. The van der Waals surface area contributed by atoms with Gasteiger partial charge in [0.2, 0.25) is 10.0 Å². The molecule has 0 heterocycles. The van der Waals surface area contributed by atoms with Crippen LogP contribution in [0.4, 0.5) is 0 Å². The van der Waals surface area contributed by atoms with Crippen LogP contribution >= 0.6 is 0 Å². The van der Waals surface area contributed by atoms with Crippen LogP contribution in [-0.4, -0.2) is 38.1 Å². The minimum absolute atomic E-state index is 0.158. The summed E-state index contributed by atoms with van der Waals surface area (Å²) in [5, 5.41) is 0. The number of rotatable bonds is 8. The zero-order valence-corrected chi connectivity index (χ0v) is 14.2. The second kappa shape index (κ2) is 7.76. The number of nitrogens with two attached hydrogens (primary N) is 1. The Balaban J connectivity index is 2.71. The molecule has 0 unspecified atom stereocenters. The zero-order chi connectivity index (χ0) is 15.2. The van der Waals surface area contributed by atoms with E-state index in [1.165, 1.54) is 19.3 Å². The lowest BCUT2D eigenvalue weighted by atomic mass is 9.91. The van der Waals surface area contributed by atoms with E-state index in [0.29, 0.717) is 31.3 Å². The molecule has 0 atom stereocenters. The second-order valence-corrected chi connectivity index (χ2v) is 9.00. The maximum Gasteiger partial charge on any atom is 0.214 e. The second-order valence-electron chi connectivity index (χ2n) is 6.98. The topological polar surface area (TPSA) is 63.4 Å². The first-order chi connectivity index (χ1) is 9.30.